The van der Waals surface area contributed by atoms with Crippen LogP contribution in [0.2, 0.25) is 0 Å². The van der Waals surface area contributed by atoms with Gasteiger partial charge in [-0.25, -0.2) is 0 Å². The van der Waals surface area contributed by atoms with Gasteiger partial charge in [0.05, 0.1) is 39.6 Å². The summed E-state index contributed by atoms with van der Waals surface area (Å²) in [5.41, 5.74) is 6.66. The molecule has 3 aromatic rings. The number of rotatable bonds is 15. The molecule has 3 aromatic carbocycles. The third kappa shape index (κ3) is 7.30. The maximum absolute atomic E-state index is 9.52. The first-order valence-electron chi connectivity index (χ1n) is 13.9. The first-order chi connectivity index (χ1) is 19.2. The summed E-state index contributed by atoms with van der Waals surface area (Å²) in [4.78, 5) is 2.48. The molecule has 0 bridgehead atoms. The van der Waals surface area contributed by atoms with Crippen molar-refractivity contribution in [3.63, 3.8) is 0 Å². The molecule has 39 heavy (non-hydrogen) atoms. The molecule has 2 aliphatic heterocycles. The Labute approximate surface area is 229 Å². The predicted octanol–water partition coefficient (Wildman–Crippen LogP) is 3.31. The van der Waals surface area contributed by atoms with Gasteiger partial charge in [0.25, 0.3) is 0 Å². The van der Waals surface area contributed by atoms with Gasteiger partial charge in [0.15, 0.2) is 11.5 Å². The van der Waals surface area contributed by atoms with Crippen LogP contribution in [0.1, 0.15) is 18.4 Å². The van der Waals surface area contributed by atoms with E-state index in [0.717, 1.165) is 65.9 Å². The van der Waals surface area contributed by atoms with Crippen LogP contribution in [-0.4, -0.2) is 89.3 Å². The van der Waals surface area contributed by atoms with E-state index in [1.807, 2.05) is 6.07 Å². The lowest BCUT2D eigenvalue weighted by molar-refractivity contribution is 0.0106. The molecule has 1 fully saturated rings. The molecule has 9 nitrogen and oxygen atoms in total. The highest BCUT2D eigenvalue weighted by Gasteiger charge is 2.21. The molecule has 0 radical (unpaired) electrons. The first-order valence-corrected chi connectivity index (χ1v) is 13.9. The molecular formula is C30H40N2O7. The molecule has 0 aliphatic carbocycles. The van der Waals surface area contributed by atoms with E-state index >= 15 is 0 Å². The second kappa shape index (κ2) is 14.1. The summed E-state index contributed by atoms with van der Waals surface area (Å²) in [6, 6.07) is 12.7. The first kappa shape index (κ1) is 27.9. The third-order valence-electron chi connectivity index (χ3n) is 7.36. The lowest BCUT2D eigenvalue weighted by atomic mass is 9.94. The summed E-state index contributed by atoms with van der Waals surface area (Å²) in [6.07, 6.45) is 2.08. The second-order valence-corrected chi connectivity index (χ2v) is 10.0. The molecule has 0 unspecified atom stereocenters. The maximum atomic E-state index is 9.52. The van der Waals surface area contributed by atoms with Gasteiger partial charge in [0, 0.05) is 19.7 Å². The predicted molar refractivity (Wildman–Crippen MR) is 150 cm³/mol. The van der Waals surface area contributed by atoms with Crippen LogP contribution in [0.5, 0.6) is 17.2 Å². The van der Waals surface area contributed by atoms with Crippen molar-refractivity contribution in [1.29, 1.82) is 0 Å². The molecular weight excluding hydrogens is 500 g/mol. The normalized spacial score (nSPS) is 15.9. The fourth-order valence-electron chi connectivity index (χ4n) is 5.23. The maximum Gasteiger partial charge on any atom is 0.231 e. The highest BCUT2D eigenvalue weighted by molar-refractivity contribution is 6.10. The van der Waals surface area contributed by atoms with E-state index in [2.05, 4.69) is 35.2 Å². The number of aliphatic hydroxyl groups is 1. The number of hydrogen-bond donors (Lipinski definition) is 2. The van der Waals surface area contributed by atoms with Crippen LogP contribution in [0, 0.1) is 5.92 Å². The zero-order valence-corrected chi connectivity index (χ0v) is 22.6. The van der Waals surface area contributed by atoms with E-state index in [-0.39, 0.29) is 13.4 Å². The zero-order valence-electron chi connectivity index (χ0n) is 22.6. The van der Waals surface area contributed by atoms with Gasteiger partial charge in [-0.2, -0.15) is 0 Å². The summed E-state index contributed by atoms with van der Waals surface area (Å²) in [6.45, 7) is 7.52. The molecule has 2 aliphatic rings. The molecule has 212 valence electrons. The Kier molecular flexibility index (Phi) is 10.1. The zero-order chi connectivity index (χ0) is 26.9. The minimum absolute atomic E-state index is 0.248. The van der Waals surface area contributed by atoms with Crippen LogP contribution in [-0.2, 0) is 20.8 Å². The summed E-state index contributed by atoms with van der Waals surface area (Å²) in [5, 5.41) is 14.1. The van der Waals surface area contributed by atoms with Crippen LogP contribution in [0.3, 0.4) is 0 Å². The number of ether oxygens (including phenoxy) is 6. The number of nitrogens with zero attached hydrogens (tertiary/aromatic N) is 1. The van der Waals surface area contributed by atoms with Crippen LogP contribution in [0.4, 0.5) is 0 Å². The Bertz CT molecular complexity index is 1210. The van der Waals surface area contributed by atoms with Gasteiger partial charge in [0.1, 0.15) is 12.4 Å². The van der Waals surface area contributed by atoms with E-state index in [1.54, 1.807) is 0 Å². The summed E-state index contributed by atoms with van der Waals surface area (Å²) in [5.74, 6) is 2.79. The van der Waals surface area contributed by atoms with Crippen LogP contribution in [0.15, 0.2) is 36.4 Å². The van der Waals surface area contributed by atoms with Gasteiger partial charge < -0.3 is 39.3 Å². The van der Waals surface area contributed by atoms with Crippen LogP contribution in [0.25, 0.3) is 21.5 Å². The van der Waals surface area contributed by atoms with E-state index in [9.17, 15) is 5.11 Å². The van der Waals surface area contributed by atoms with Crippen LogP contribution < -0.4 is 19.9 Å². The Hall–Kier alpha value is -2.66. The molecule has 5 rings (SSSR count). The number of likely N-dealkylation sites (tertiary alicyclic amines) is 1. The van der Waals surface area contributed by atoms with Crippen molar-refractivity contribution in [3.8, 4) is 17.2 Å². The van der Waals surface area contributed by atoms with Crippen molar-refractivity contribution in [3.05, 3.63) is 42.0 Å². The van der Waals surface area contributed by atoms with Gasteiger partial charge in [-0.3, -0.25) is 4.90 Å². The lowest BCUT2D eigenvalue weighted by Crippen LogP contribution is -2.34. The van der Waals surface area contributed by atoms with E-state index in [1.165, 1.54) is 10.9 Å². The molecule has 1 saturated heterocycles. The van der Waals surface area contributed by atoms with Gasteiger partial charge in [0.2, 0.25) is 6.79 Å². The SMILES string of the molecule is NCCOCCOCCOCCOc1ccc2c(CN3CCC(CO)CC3)cc3cc4c(cc3c2c1)OCO4. The molecule has 0 amide bonds. The Morgan fingerprint density at radius 2 is 1.49 bits per heavy atom. The number of nitrogens with two attached hydrogens (primary N) is 1. The molecule has 0 atom stereocenters. The average Bonchev–Trinajstić information content (AvgIpc) is 3.43. The molecule has 0 spiro atoms. The molecule has 2 heterocycles. The van der Waals surface area contributed by atoms with Crippen molar-refractivity contribution >= 4 is 21.5 Å². The molecule has 9 heteroatoms. The second-order valence-electron chi connectivity index (χ2n) is 10.0. The quantitative estimate of drug-likeness (QED) is 0.222. The van der Waals surface area contributed by atoms with Crippen molar-refractivity contribution in [2.24, 2.45) is 11.7 Å². The molecule has 0 aromatic heterocycles. The molecule has 0 saturated carbocycles. The Morgan fingerprint density at radius 3 is 2.21 bits per heavy atom. The monoisotopic (exact) mass is 540 g/mol. The number of aliphatic hydroxyl groups excluding tert-OH is 1. The van der Waals surface area contributed by atoms with Gasteiger partial charge >= 0.3 is 0 Å². The van der Waals surface area contributed by atoms with Crippen molar-refractivity contribution < 1.29 is 33.5 Å². The molecule has 3 N–H and O–H groups in total. The lowest BCUT2D eigenvalue weighted by Gasteiger charge is -2.31. The Morgan fingerprint density at radius 1 is 0.795 bits per heavy atom. The highest BCUT2D eigenvalue weighted by atomic mass is 16.7. The summed E-state index contributed by atoms with van der Waals surface area (Å²) < 4.78 is 33.8. The number of fused-ring (bicyclic) bond motifs is 4. The summed E-state index contributed by atoms with van der Waals surface area (Å²) >= 11 is 0. The highest BCUT2D eigenvalue weighted by Crippen LogP contribution is 2.40. The van der Waals surface area contributed by atoms with E-state index in [0.29, 0.717) is 58.7 Å². The minimum atomic E-state index is 0.248. The minimum Gasteiger partial charge on any atom is -0.491 e. The van der Waals surface area contributed by atoms with Gasteiger partial charge in [-0.05, 0) is 89.3 Å². The Balaban J connectivity index is 1.24. The van der Waals surface area contributed by atoms with Gasteiger partial charge in [-0.15, -0.1) is 0 Å². The fourth-order valence-corrected chi connectivity index (χ4v) is 5.23. The summed E-state index contributed by atoms with van der Waals surface area (Å²) in [7, 11) is 0. The fraction of sp³-hybridized carbons (Fsp3) is 0.533. The number of hydrogen-bond acceptors (Lipinski definition) is 9. The van der Waals surface area contributed by atoms with E-state index in [4.69, 9.17) is 34.2 Å². The van der Waals surface area contributed by atoms with Gasteiger partial charge in [-0.1, -0.05) is 6.07 Å². The van der Waals surface area contributed by atoms with Crippen LogP contribution >= 0.6 is 0 Å². The average molecular weight is 541 g/mol. The number of benzene rings is 3. The van der Waals surface area contributed by atoms with Crippen molar-refractivity contribution in [1.82, 2.24) is 4.90 Å². The smallest absolute Gasteiger partial charge is 0.231 e. The number of piperidine rings is 1. The standard InChI is InChI=1S/C30H40N2O7/c31-5-8-34-9-10-35-11-12-36-13-14-37-25-1-2-26-24(19-32-6-3-22(20-33)4-7-32)15-23-16-29-30(39-21-38-29)18-27(23)28(26)17-25/h1-2,15-18,22,33H,3-14,19-21,31H2. The topological polar surface area (TPSA) is 105 Å². The largest absolute Gasteiger partial charge is 0.491 e. The third-order valence-corrected chi connectivity index (χ3v) is 7.36. The van der Waals surface area contributed by atoms with Crippen molar-refractivity contribution in [2.45, 2.75) is 19.4 Å². The van der Waals surface area contributed by atoms with Crippen molar-refractivity contribution in [2.75, 3.05) is 79.3 Å². The van der Waals surface area contributed by atoms with E-state index < -0.39 is 0 Å².